The monoisotopic (exact) mass is 294 g/mol. The van der Waals surface area contributed by atoms with Crippen LogP contribution in [0.4, 0.5) is 10.1 Å². The number of benzene rings is 1. The first kappa shape index (κ1) is 14.6. The summed E-state index contributed by atoms with van der Waals surface area (Å²) >= 11 is 1.65. The number of nitro benzene ring substituents is 1. The lowest BCUT2D eigenvalue weighted by molar-refractivity contribution is -0.385. The predicted molar refractivity (Wildman–Crippen MR) is 77.4 cm³/mol. The Morgan fingerprint density at radius 3 is 2.85 bits per heavy atom. The summed E-state index contributed by atoms with van der Waals surface area (Å²) < 4.78 is 13.3. The number of non-ortho nitro benzene ring substituents is 1. The zero-order chi connectivity index (χ0) is 14.5. The van der Waals surface area contributed by atoms with Crippen LogP contribution >= 0.6 is 11.3 Å². The van der Waals surface area contributed by atoms with Gasteiger partial charge in [-0.25, -0.2) is 4.39 Å². The van der Waals surface area contributed by atoms with Crippen molar-refractivity contribution in [2.24, 2.45) is 0 Å². The average molecular weight is 294 g/mol. The van der Waals surface area contributed by atoms with E-state index in [4.69, 9.17) is 0 Å². The van der Waals surface area contributed by atoms with Gasteiger partial charge >= 0.3 is 0 Å². The minimum absolute atomic E-state index is 0.215. The summed E-state index contributed by atoms with van der Waals surface area (Å²) in [6, 6.07) is 5.92. The van der Waals surface area contributed by atoms with E-state index in [1.807, 2.05) is 12.3 Å². The molecule has 0 aliphatic carbocycles. The largest absolute Gasteiger partial charge is 0.310 e. The van der Waals surface area contributed by atoms with E-state index in [1.54, 1.807) is 11.3 Å². The highest BCUT2D eigenvalue weighted by atomic mass is 32.1. The maximum absolute atomic E-state index is 13.3. The molecule has 1 unspecified atom stereocenters. The van der Waals surface area contributed by atoms with Crippen molar-refractivity contribution in [2.75, 3.05) is 0 Å². The number of hydrogen-bond acceptors (Lipinski definition) is 4. The van der Waals surface area contributed by atoms with E-state index in [-0.39, 0.29) is 11.7 Å². The molecule has 4 nitrogen and oxygen atoms in total. The molecule has 6 heteroatoms. The lowest BCUT2D eigenvalue weighted by Gasteiger charge is -2.13. The molecule has 1 atom stereocenters. The molecule has 0 saturated carbocycles. The highest BCUT2D eigenvalue weighted by molar-refractivity contribution is 7.07. The standard InChI is InChI=1S/C14H15FN2O2S/c1-10(4-11-2-3-20-9-11)16-8-12-5-13(15)7-14(6-12)17(18)19/h2-3,5-7,9-10,16H,4,8H2,1H3. The number of halogens is 1. The number of rotatable bonds is 6. The molecule has 1 aromatic carbocycles. The molecule has 2 aromatic rings. The van der Waals surface area contributed by atoms with Gasteiger partial charge in [0.25, 0.3) is 5.69 Å². The molecule has 1 heterocycles. The molecule has 0 amide bonds. The van der Waals surface area contributed by atoms with Crippen LogP contribution in [0.1, 0.15) is 18.1 Å². The quantitative estimate of drug-likeness (QED) is 0.655. The Bertz CT molecular complexity index is 587. The third kappa shape index (κ3) is 4.11. The van der Waals surface area contributed by atoms with Crippen molar-refractivity contribution in [3.63, 3.8) is 0 Å². The van der Waals surface area contributed by atoms with Crippen LogP contribution in [0.15, 0.2) is 35.0 Å². The number of thiophene rings is 1. The SMILES string of the molecule is CC(Cc1ccsc1)NCc1cc(F)cc([N+](=O)[O-])c1. The van der Waals surface area contributed by atoms with Gasteiger partial charge in [-0.1, -0.05) is 0 Å². The van der Waals surface area contributed by atoms with E-state index in [2.05, 4.69) is 16.8 Å². The maximum Gasteiger partial charge on any atom is 0.272 e. The van der Waals surface area contributed by atoms with Crippen molar-refractivity contribution < 1.29 is 9.31 Å². The molecule has 20 heavy (non-hydrogen) atoms. The zero-order valence-corrected chi connectivity index (χ0v) is 11.8. The van der Waals surface area contributed by atoms with E-state index >= 15 is 0 Å². The fraction of sp³-hybridized carbons (Fsp3) is 0.286. The van der Waals surface area contributed by atoms with Gasteiger partial charge in [-0.2, -0.15) is 11.3 Å². The topological polar surface area (TPSA) is 55.2 Å². The molecule has 0 spiro atoms. The molecular weight excluding hydrogens is 279 g/mol. The fourth-order valence-corrected chi connectivity index (χ4v) is 2.65. The second kappa shape index (κ2) is 6.58. The van der Waals surface area contributed by atoms with Gasteiger partial charge in [0.2, 0.25) is 0 Å². The lowest BCUT2D eigenvalue weighted by atomic mass is 10.1. The predicted octanol–water partition coefficient (Wildman–Crippen LogP) is 3.52. The third-order valence-electron chi connectivity index (χ3n) is 2.93. The van der Waals surface area contributed by atoms with Gasteiger partial charge in [0, 0.05) is 18.7 Å². The van der Waals surface area contributed by atoms with Crippen LogP contribution in [0.5, 0.6) is 0 Å². The summed E-state index contributed by atoms with van der Waals surface area (Å²) in [4.78, 5) is 10.1. The normalized spacial score (nSPS) is 12.3. The van der Waals surface area contributed by atoms with Crippen LogP contribution in [0, 0.1) is 15.9 Å². The van der Waals surface area contributed by atoms with E-state index in [9.17, 15) is 14.5 Å². The van der Waals surface area contributed by atoms with Crippen molar-refractivity contribution in [2.45, 2.75) is 25.9 Å². The van der Waals surface area contributed by atoms with Gasteiger partial charge in [0.05, 0.1) is 11.0 Å². The number of nitrogens with zero attached hydrogens (tertiary/aromatic N) is 1. The molecule has 0 aliphatic rings. The summed E-state index contributed by atoms with van der Waals surface area (Å²) in [5.41, 5.74) is 1.61. The van der Waals surface area contributed by atoms with Crippen molar-refractivity contribution >= 4 is 17.0 Å². The second-order valence-corrected chi connectivity index (χ2v) is 5.47. The Balaban J connectivity index is 1.94. The summed E-state index contributed by atoms with van der Waals surface area (Å²) in [6.45, 7) is 2.44. The van der Waals surface area contributed by atoms with E-state index in [0.29, 0.717) is 12.1 Å². The molecule has 0 fully saturated rings. The Hall–Kier alpha value is -1.79. The second-order valence-electron chi connectivity index (χ2n) is 4.69. The summed E-state index contributed by atoms with van der Waals surface area (Å²) in [5, 5.41) is 18.0. The van der Waals surface area contributed by atoms with E-state index < -0.39 is 10.7 Å². The number of nitro groups is 1. The molecule has 0 aliphatic heterocycles. The molecule has 0 saturated heterocycles. The molecule has 0 radical (unpaired) electrons. The van der Waals surface area contributed by atoms with Crippen LogP contribution in [-0.4, -0.2) is 11.0 Å². The minimum Gasteiger partial charge on any atom is -0.310 e. The summed E-state index contributed by atoms with van der Waals surface area (Å²) in [7, 11) is 0. The smallest absolute Gasteiger partial charge is 0.272 e. The molecule has 1 aromatic heterocycles. The molecule has 106 valence electrons. The van der Waals surface area contributed by atoms with Gasteiger partial charge in [-0.15, -0.1) is 0 Å². The Morgan fingerprint density at radius 2 is 2.20 bits per heavy atom. The fourth-order valence-electron chi connectivity index (χ4n) is 1.97. The Kier molecular flexibility index (Phi) is 4.81. The minimum atomic E-state index is -0.582. The highest BCUT2D eigenvalue weighted by Gasteiger charge is 2.10. The van der Waals surface area contributed by atoms with Gasteiger partial charge in [-0.3, -0.25) is 10.1 Å². The number of nitrogens with one attached hydrogen (secondary N) is 1. The Labute approximate surface area is 120 Å². The van der Waals surface area contributed by atoms with Crippen molar-refractivity contribution in [3.8, 4) is 0 Å². The summed E-state index contributed by atoms with van der Waals surface area (Å²) in [5.74, 6) is -0.582. The zero-order valence-electron chi connectivity index (χ0n) is 11.0. The van der Waals surface area contributed by atoms with Crippen LogP contribution in [0.25, 0.3) is 0 Å². The van der Waals surface area contributed by atoms with Crippen molar-refractivity contribution in [1.82, 2.24) is 5.32 Å². The molecule has 0 bridgehead atoms. The van der Waals surface area contributed by atoms with Crippen molar-refractivity contribution in [3.05, 3.63) is 62.1 Å². The highest BCUT2D eigenvalue weighted by Crippen LogP contribution is 2.16. The first-order chi connectivity index (χ1) is 9.54. The van der Waals surface area contributed by atoms with Crippen LogP contribution in [0.2, 0.25) is 0 Å². The van der Waals surface area contributed by atoms with E-state index in [1.165, 1.54) is 17.7 Å². The average Bonchev–Trinajstić information content (AvgIpc) is 2.88. The summed E-state index contributed by atoms with van der Waals surface area (Å²) in [6.07, 6.45) is 0.876. The molecule has 2 rings (SSSR count). The Morgan fingerprint density at radius 1 is 1.40 bits per heavy atom. The maximum atomic E-state index is 13.3. The first-order valence-electron chi connectivity index (χ1n) is 6.23. The lowest BCUT2D eigenvalue weighted by Crippen LogP contribution is -2.27. The molecule has 1 N–H and O–H groups in total. The van der Waals surface area contributed by atoms with Gasteiger partial charge in [0.1, 0.15) is 5.82 Å². The molecular formula is C14H15FN2O2S. The van der Waals surface area contributed by atoms with Gasteiger partial charge in [-0.05, 0) is 47.4 Å². The van der Waals surface area contributed by atoms with Gasteiger partial charge < -0.3 is 5.32 Å². The van der Waals surface area contributed by atoms with E-state index in [0.717, 1.165) is 12.5 Å². The van der Waals surface area contributed by atoms with Crippen LogP contribution in [-0.2, 0) is 13.0 Å². The van der Waals surface area contributed by atoms with Crippen LogP contribution in [0.3, 0.4) is 0 Å². The van der Waals surface area contributed by atoms with Gasteiger partial charge in [0.15, 0.2) is 0 Å². The van der Waals surface area contributed by atoms with Crippen molar-refractivity contribution in [1.29, 1.82) is 0 Å². The third-order valence-corrected chi connectivity index (χ3v) is 3.66. The number of hydrogen-bond donors (Lipinski definition) is 1. The van der Waals surface area contributed by atoms with Crippen LogP contribution < -0.4 is 5.32 Å². The first-order valence-corrected chi connectivity index (χ1v) is 7.17.